The van der Waals surface area contributed by atoms with Crippen LogP contribution in [-0.2, 0) is 0 Å². The summed E-state index contributed by atoms with van der Waals surface area (Å²) in [6.07, 6.45) is 5.04. The van der Waals surface area contributed by atoms with E-state index in [9.17, 15) is 9.90 Å². The van der Waals surface area contributed by atoms with Gasteiger partial charge in [0.05, 0.1) is 17.0 Å². The van der Waals surface area contributed by atoms with Crippen LogP contribution in [0, 0.1) is 17.8 Å². The smallest absolute Gasteiger partial charge is 0.322 e. The molecule has 4 bridgehead atoms. The van der Waals surface area contributed by atoms with Gasteiger partial charge in [0.25, 0.3) is 0 Å². The van der Waals surface area contributed by atoms with Crippen molar-refractivity contribution in [2.45, 2.75) is 43.7 Å². The largest absolute Gasteiger partial charge is 0.390 e. The van der Waals surface area contributed by atoms with Crippen LogP contribution in [0.25, 0.3) is 0 Å². The van der Waals surface area contributed by atoms with Crippen LogP contribution in [0.4, 0.5) is 16.2 Å². The maximum atomic E-state index is 13.0. The standard InChI is InChI=1S/C19H25N3O2/c23-18(22-6-5-20-15-3-1-2-4-16(15)22)21-17-13-7-12-8-14(17)11-19(24,9-12)10-13/h1-4,12-14,17,20,24H,5-11H2,(H,21,23)/t12?,13?,14?,17-,19-. The number of aliphatic hydroxyl groups is 1. The van der Waals surface area contributed by atoms with Gasteiger partial charge in [-0.25, -0.2) is 4.79 Å². The zero-order valence-electron chi connectivity index (χ0n) is 13.9. The molecule has 4 saturated carbocycles. The average Bonchev–Trinajstić information content (AvgIpc) is 2.56. The number of urea groups is 1. The number of hydrogen-bond donors (Lipinski definition) is 3. The number of fused-ring (bicyclic) bond motifs is 1. The third-order valence-electron chi connectivity index (χ3n) is 6.62. The lowest BCUT2D eigenvalue weighted by atomic mass is 9.52. The molecular weight excluding hydrogens is 302 g/mol. The van der Waals surface area contributed by atoms with Crippen LogP contribution >= 0.6 is 0 Å². The van der Waals surface area contributed by atoms with Gasteiger partial charge in [-0.05, 0) is 62.0 Å². The summed E-state index contributed by atoms with van der Waals surface area (Å²) in [5, 5.41) is 17.4. The molecule has 0 spiro atoms. The fraction of sp³-hybridized carbons (Fsp3) is 0.632. The summed E-state index contributed by atoms with van der Waals surface area (Å²) in [5.74, 6) is 1.56. The third kappa shape index (κ3) is 2.21. The number of carbonyl (C=O) groups is 1. The third-order valence-corrected chi connectivity index (χ3v) is 6.62. The number of nitrogens with zero attached hydrogens (tertiary/aromatic N) is 1. The highest BCUT2D eigenvalue weighted by molar-refractivity contribution is 5.96. The van der Waals surface area contributed by atoms with E-state index in [-0.39, 0.29) is 12.1 Å². The number of para-hydroxylation sites is 2. The van der Waals surface area contributed by atoms with E-state index in [2.05, 4.69) is 10.6 Å². The molecule has 5 nitrogen and oxygen atoms in total. The summed E-state index contributed by atoms with van der Waals surface area (Å²) < 4.78 is 0. The van der Waals surface area contributed by atoms with Gasteiger partial charge in [0, 0.05) is 19.1 Å². The monoisotopic (exact) mass is 327 g/mol. The van der Waals surface area contributed by atoms with Crippen molar-refractivity contribution in [3.8, 4) is 0 Å². The molecule has 1 aliphatic heterocycles. The second-order valence-corrected chi connectivity index (χ2v) is 8.27. The Hall–Kier alpha value is -1.75. The molecule has 5 aliphatic rings. The number of anilines is 2. The molecule has 128 valence electrons. The number of carbonyl (C=O) groups excluding carboxylic acids is 1. The maximum Gasteiger partial charge on any atom is 0.322 e. The Morgan fingerprint density at radius 3 is 2.71 bits per heavy atom. The van der Waals surface area contributed by atoms with E-state index in [1.165, 1.54) is 12.8 Å². The molecule has 0 radical (unpaired) electrons. The fourth-order valence-corrected chi connectivity index (χ4v) is 5.93. The Bertz CT molecular complexity index is 660. The summed E-state index contributed by atoms with van der Waals surface area (Å²) >= 11 is 0. The van der Waals surface area contributed by atoms with E-state index in [1.54, 1.807) is 0 Å². The van der Waals surface area contributed by atoms with Crippen molar-refractivity contribution < 1.29 is 9.90 Å². The van der Waals surface area contributed by atoms with E-state index >= 15 is 0 Å². The normalized spacial score (nSPS) is 39.3. The Balaban J connectivity index is 1.35. The lowest BCUT2D eigenvalue weighted by Crippen LogP contribution is -2.63. The molecule has 2 atom stereocenters. The first-order valence-electron chi connectivity index (χ1n) is 9.25. The van der Waals surface area contributed by atoms with Crippen molar-refractivity contribution in [3.63, 3.8) is 0 Å². The number of nitrogens with one attached hydrogen (secondary N) is 2. The van der Waals surface area contributed by atoms with Crippen LogP contribution in [0.2, 0.25) is 0 Å². The lowest BCUT2D eigenvalue weighted by Gasteiger charge is -2.58. The number of rotatable bonds is 1. The first kappa shape index (κ1) is 14.6. The van der Waals surface area contributed by atoms with Crippen LogP contribution in [-0.4, -0.2) is 35.9 Å². The van der Waals surface area contributed by atoms with Crippen molar-refractivity contribution in [3.05, 3.63) is 24.3 Å². The SMILES string of the molecule is O=C(N[C@H]1C2CC3CC1C[C@](O)(C3)C2)N1CCNc2ccccc21. The van der Waals surface area contributed by atoms with Gasteiger partial charge in [0.1, 0.15) is 0 Å². The Labute approximate surface area is 142 Å². The molecule has 4 aliphatic carbocycles. The molecule has 3 N–H and O–H groups in total. The zero-order valence-corrected chi connectivity index (χ0v) is 13.9. The van der Waals surface area contributed by atoms with Gasteiger partial charge < -0.3 is 15.7 Å². The molecule has 1 aromatic carbocycles. The van der Waals surface area contributed by atoms with Crippen LogP contribution in [0.3, 0.4) is 0 Å². The predicted molar refractivity (Wildman–Crippen MR) is 93.1 cm³/mol. The molecule has 2 amide bonds. The van der Waals surface area contributed by atoms with Crippen molar-refractivity contribution >= 4 is 17.4 Å². The van der Waals surface area contributed by atoms with Crippen molar-refractivity contribution in [2.24, 2.45) is 17.8 Å². The summed E-state index contributed by atoms with van der Waals surface area (Å²) in [7, 11) is 0. The first-order chi connectivity index (χ1) is 11.6. The Morgan fingerprint density at radius 2 is 1.96 bits per heavy atom. The highest BCUT2D eigenvalue weighted by Crippen LogP contribution is 2.55. The van der Waals surface area contributed by atoms with Gasteiger partial charge in [-0.3, -0.25) is 4.90 Å². The maximum absolute atomic E-state index is 13.0. The van der Waals surface area contributed by atoms with Gasteiger partial charge >= 0.3 is 6.03 Å². The quantitative estimate of drug-likeness (QED) is 0.743. The van der Waals surface area contributed by atoms with Gasteiger partial charge in [-0.2, -0.15) is 0 Å². The minimum Gasteiger partial charge on any atom is -0.390 e. The van der Waals surface area contributed by atoms with Crippen LogP contribution in [0.1, 0.15) is 32.1 Å². The second-order valence-electron chi connectivity index (χ2n) is 8.27. The second kappa shape index (κ2) is 5.12. The first-order valence-corrected chi connectivity index (χ1v) is 9.25. The van der Waals surface area contributed by atoms with Crippen LogP contribution in [0.5, 0.6) is 0 Å². The highest BCUT2D eigenvalue weighted by atomic mass is 16.3. The number of hydrogen-bond acceptors (Lipinski definition) is 3. The number of amides is 2. The van der Waals surface area contributed by atoms with Crippen molar-refractivity contribution in [1.29, 1.82) is 0 Å². The van der Waals surface area contributed by atoms with Crippen LogP contribution in [0.15, 0.2) is 24.3 Å². The molecule has 1 heterocycles. The summed E-state index contributed by atoms with van der Waals surface area (Å²) in [6.45, 7) is 1.47. The molecular formula is C19H25N3O2. The summed E-state index contributed by atoms with van der Waals surface area (Å²) in [6, 6.07) is 8.24. The van der Waals surface area contributed by atoms with Gasteiger partial charge in [0.15, 0.2) is 0 Å². The molecule has 1 aromatic rings. The molecule has 5 heteroatoms. The van der Waals surface area contributed by atoms with E-state index in [4.69, 9.17) is 0 Å². The minimum atomic E-state index is -0.445. The average molecular weight is 327 g/mol. The topological polar surface area (TPSA) is 64.6 Å². The van der Waals surface area contributed by atoms with Crippen molar-refractivity contribution in [1.82, 2.24) is 5.32 Å². The summed E-state index contributed by atoms with van der Waals surface area (Å²) in [4.78, 5) is 14.8. The zero-order chi connectivity index (χ0) is 16.3. The van der Waals surface area contributed by atoms with Gasteiger partial charge in [0.2, 0.25) is 0 Å². The molecule has 0 saturated heterocycles. The molecule has 6 rings (SSSR count). The van der Waals surface area contributed by atoms with Crippen LogP contribution < -0.4 is 15.5 Å². The van der Waals surface area contributed by atoms with Gasteiger partial charge in [-0.15, -0.1) is 0 Å². The van der Waals surface area contributed by atoms with E-state index in [0.29, 0.717) is 24.3 Å². The highest BCUT2D eigenvalue weighted by Gasteiger charge is 2.55. The van der Waals surface area contributed by atoms with Crippen molar-refractivity contribution in [2.75, 3.05) is 23.3 Å². The summed E-state index contributed by atoms with van der Waals surface area (Å²) in [5.41, 5.74) is 1.54. The molecule has 2 unspecified atom stereocenters. The fourth-order valence-electron chi connectivity index (χ4n) is 5.93. The van der Waals surface area contributed by atoms with Gasteiger partial charge in [-0.1, -0.05) is 12.1 Å². The lowest BCUT2D eigenvalue weighted by molar-refractivity contribution is -0.136. The Morgan fingerprint density at radius 1 is 1.21 bits per heavy atom. The molecule has 24 heavy (non-hydrogen) atoms. The minimum absolute atomic E-state index is 0.0217. The molecule has 0 aromatic heterocycles. The molecule has 4 fully saturated rings. The predicted octanol–water partition coefficient (Wildman–Crippen LogP) is 2.57. The number of benzene rings is 1. The Kier molecular flexibility index (Phi) is 3.11. The van der Waals surface area contributed by atoms with E-state index in [1.807, 2.05) is 29.2 Å². The van der Waals surface area contributed by atoms with E-state index in [0.717, 1.165) is 37.2 Å². The van der Waals surface area contributed by atoms with E-state index < -0.39 is 5.60 Å².